The lowest BCUT2D eigenvalue weighted by atomic mass is 9.87. The molecule has 0 aliphatic heterocycles. The van der Waals surface area contributed by atoms with Crippen LogP contribution in [-0.2, 0) is 4.79 Å². The van der Waals surface area contributed by atoms with E-state index < -0.39 is 21.9 Å². The molecule has 0 saturated heterocycles. The standard InChI is InChI=1S/C16H14Cl3NO2/c1-8-4-6-10(7-5-8)15(22)20-12-9(2)11(17)14(21)16(3,19)13(12)18/h4-7,13H,1-3H3/t13-,16-/m1/s1. The number of alkyl halides is 2. The normalized spacial score (nSPS) is 27.5. The summed E-state index contributed by atoms with van der Waals surface area (Å²) in [5.74, 6) is -0.915. The van der Waals surface area contributed by atoms with Crippen LogP contribution in [0.3, 0.4) is 0 Å². The van der Waals surface area contributed by atoms with Gasteiger partial charge in [0.1, 0.15) is 10.3 Å². The van der Waals surface area contributed by atoms with Crippen molar-refractivity contribution in [1.29, 1.82) is 0 Å². The van der Waals surface area contributed by atoms with E-state index in [4.69, 9.17) is 34.8 Å². The first-order chi connectivity index (χ1) is 10.2. The number of allylic oxidation sites excluding steroid dienone is 2. The zero-order valence-corrected chi connectivity index (χ0v) is 14.6. The van der Waals surface area contributed by atoms with Gasteiger partial charge in [0.05, 0.1) is 10.7 Å². The van der Waals surface area contributed by atoms with Gasteiger partial charge in [-0.25, -0.2) is 4.99 Å². The fourth-order valence-electron chi connectivity index (χ4n) is 2.07. The molecule has 1 aromatic carbocycles. The van der Waals surface area contributed by atoms with E-state index in [1.54, 1.807) is 19.1 Å². The minimum Gasteiger partial charge on any atom is -0.291 e. The second-order valence-corrected chi connectivity index (χ2v) is 6.97. The van der Waals surface area contributed by atoms with Crippen LogP contribution in [0.25, 0.3) is 0 Å². The molecule has 0 aromatic heterocycles. The third-order valence-electron chi connectivity index (χ3n) is 3.59. The SMILES string of the molecule is CC1=C(Cl)C(=O)[C@](C)(Cl)[C@H](Cl)C1=NC(=O)c1ccc(C)cc1. The lowest BCUT2D eigenvalue weighted by molar-refractivity contribution is -0.117. The molecule has 0 fully saturated rings. The number of rotatable bonds is 1. The number of aliphatic imine (C=N–C) groups is 1. The van der Waals surface area contributed by atoms with Gasteiger partial charge >= 0.3 is 0 Å². The van der Waals surface area contributed by atoms with Gasteiger partial charge in [0.2, 0.25) is 0 Å². The monoisotopic (exact) mass is 357 g/mol. The van der Waals surface area contributed by atoms with Crippen LogP contribution < -0.4 is 0 Å². The van der Waals surface area contributed by atoms with E-state index in [1.807, 2.05) is 19.1 Å². The molecule has 2 rings (SSSR count). The number of halogens is 3. The molecule has 1 aliphatic carbocycles. The van der Waals surface area contributed by atoms with Crippen molar-refractivity contribution < 1.29 is 9.59 Å². The van der Waals surface area contributed by atoms with Crippen molar-refractivity contribution in [3.05, 3.63) is 46.0 Å². The number of ketones is 1. The van der Waals surface area contributed by atoms with E-state index in [0.717, 1.165) is 5.56 Å². The lowest BCUT2D eigenvalue weighted by Gasteiger charge is -2.32. The molecule has 1 aromatic rings. The van der Waals surface area contributed by atoms with Crippen molar-refractivity contribution >= 4 is 52.2 Å². The predicted molar refractivity (Wildman–Crippen MR) is 90.4 cm³/mol. The van der Waals surface area contributed by atoms with Crippen LogP contribution in [0.5, 0.6) is 0 Å². The summed E-state index contributed by atoms with van der Waals surface area (Å²) in [5, 5.41) is -0.969. The van der Waals surface area contributed by atoms with Gasteiger partial charge in [0, 0.05) is 5.56 Å². The number of aryl methyl sites for hydroxylation is 1. The largest absolute Gasteiger partial charge is 0.291 e. The quantitative estimate of drug-likeness (QED) is 0.704. The van der Waals surface area contributed by atoms with Crippen molar-refractivity contribution in [3.63, 3.8) is 0 Å². The van der Waals surface area contributed by atoms with Crippen LogP contribution in [-0.4, -0.2) is 27.7 Å². The summed E-state index contributed by atoms with van der Waals surface area (Å²) in [7, 11) is 0. The van der Waals surface area contributed by atoms with Crippen LogP contribution in [0.2, 0.25) is 0 Å². The van der Waals surface area contributed by atoms with Gasteiger partial charge in [-0.05, 0) is 38.5 Å². The van der Waals surface area contributed by atoms with E-state index in [1.165, 1.54) is 6.92 Å². The summed E-state index contributed by atoms with van der Waals surface area (Å²) in [4.78, 5) is 27.0. The molecule has 0 radical (unpaired) electrons. The molecular weight excluding hydrogens is 345 g/mol. The first-order valence-electron chi connectivity index (χ1n) is 6.60. The number of Topliss-reactive ketones (excluding diaryl/α,β-unsaturated/α-hetero) is 1. The molecule has 1 aliphatic rings. The Morgan fingerprint density at radius 2 is 1.77 bits per heavy atom. The maximum Gasteiger partial charge on any atom is 0.277 e. The fraction of sp³-hybridized carbons (Fsp3) is 0.312. The molecular formula is C16H14Cl3NO2. The van der Waals surface area contributed by atoms with Crippen LogP contribution in [0.15, 0.2) is 39.9 Å². The maximum atomic E-state index is 12.3. The number of hydrogen-bond donors (Lipinski definition) is 0. The average molecular weight is 359 g/mol. The van der Waals surface area contributed by atoms with E-state index in [9.17, 15) is 9.59 Å². The van der Waals surface area contributed by atoms with Gasteiger partial charge in [0.25, 0.3) is 5.91 Å². The molecule has 3 nitrogen and oxygen atoms in total. The third-order valence-corrected chi connectivity index (χ3v) is 5.19. The second-order valence-electron chi connectivity index (χ2n) is 5.37. The van der Waals surface area contributed by atoms with E-state index >= 15 is 0 Å². The lowest BCUT2D eigenvalue weighted by Crippen LogP contribution is -2.48. The van der Waals surface area contributed by atoms with E-state index in [-0.39, 0.29) is 10.7 Å². The summed E-state index contributed by atoms with van der Waals surface area (Å²) in [6.07, 6.45) is 0. The minimum atomic E-state index is -1.43. The summed E-state index contributed by atoms with van der Waals surface area (Å²) in [6.45, 7) is 4.99. The van der Waals surface area contributed by atoms with Crippen LogP contribution in [0.4, 0.5) is 0 Å². The predicted octanol–water partition coefficient (Wildman–Crippen LogP) is 4.28. The van der Waals surface area contributed by atoms with Crippen LogP contribution in [0.1, 0.15) is 29.8 Å². The van der Waals surface area contributed by atoms with Crippen molar-refractivity contribution in [2.24, 2.45) is 4.99 Å². The smallest absolute Gasteiger partial charge is 0.277 e. The first kappa shape index (κ1) is 17.2. The highest BCUT2D eigenvalue weighted by atomic mass is 35.5. The Bertz CT molecular complexity index is 703. The first-order valence-corrected chi connectivity index (χ1v) is 7.79. The van der Waals surface area contributed by atoms with Crippen molar-refractivity contribution in [1.82, 2.24) is 0 Å². The summed E-state index contributed by atoms with van der Waals surface area (Å²) in [6, 6.07) is 6.99. The van der Waals surface area contributed by atoms with Crippen LogP contribution >= 0.6 is 34.8 Å². The summed E-state index contributed by atoms with van der Waals surface area (Å²) < 4.78 is 0. The number of carbonyl (C=O) groups is 2. The Hall–Kier alpha value is -1.16. The van der Waals surface area contributed by atoms with Gasteiger partial charge in [-0.3, -0.25) is 9.59 Å². The number of amides is 1. The zero-order valence-electron chi connectivity index (χ0n) is 12.3. The van der Waals surface area contributed by atoms with Gasteiger partial charge in [0.15, 0.2) is 5.78 Å². The maximum absolute atomic E-state index is 12.3. The second kappa shape index (κ2) is 6.15. The molecule has 0 heterocycles. The molecule has 2 atom stereocenters. The van der Waals surface area contributed by atoms with Gasteiger partial charge in [-0.1, -0.05) is 29.3 Å². The van der Waals surface area contributed by atoms with E-state index in [2.05, 4.69) is 4.99 Å². The molecule has 0 unspecified atom stereocenters. The van der Waals surface area contributed by atoms with Crippen molar-refractivity contribution in [3.8, 4) is 0 Å². The van der Waals surface area contributed by atoms with Crippen LogP contribution in [0, 0.1) is 6.92 Å². The van der Waals surface area contributed by atoms with Crippen molar-refractivity contribution in [2.75, 3.05) is 0 Å². The molecule has 1 amide bonds. The Balaban J connectivity index is 2.47. The van der Waals surface area contributed by atoms with Gasteiger partial charge in [-0.2, -0.15) is 0 Å². The molecule has 0 saturated carbocycles. The Kier molecular flexibility index (Phi) is 4.81. The number of benzene rings is 1. The number of hydrogen-bond acceptors (Lipinski definition) is 2. The summed E-state index contributed by atoms with van der Waals surface area (Å²) in [5.41, 5.74) is 2.08. The zero-order chi connectivity index (χ0) is 16.7. The molecule has 0 spiro atoms. The topological polar surface area (TPSA) is 46.5 Å². The fourth-order valence-corrected chi connectivity index (χ4v) is 2.92. The number of carbonyl (C=O) groups excluding carboxylic acids is 2. The Labute approximate surface area is 144 Å². The van der Waals surface area contributed by atoms with Gasteiger partial charge in [-0.15, -0.1) is 23.2 Å². The number of nitrogens with zero attached hydrogens (tertiary/aromatic N) is 1. The molecule has 22 heavy (non-hydrogen) atoms. The molecule has 6 heteroatoms. The Morgan fingerprint density at radius 3 is 2.32 bits per heavy atom. The minimum absolute atomic E-state index is 0.0372. The summed E-state index contributed by atoms with van der Waals surface area (Å²) >= 11 is 18.5. The van der Waals surface area contributed by atoms with E-state index in [0.29, 0.717) is 11.1 Å². The van der Waals surface area contributed by atoms with Crippen molar-refractivity contribution in [2.45, 2.75) is 31.0 Å². The molecule has 116 valence electrons. The highest BCUT2D eigenvalue weighted by Gasteiger charge is 2.47. The van der Waals surface area contributed by atoms with Gasteiger partial charge < -0.3 is 0 Å². The highest BCUT2D eigenvalue weighted by Crippen LogP contribution is 2.38. The molecule has 0 bridgehead atoms. The highest BCUT2D eigenvalue weighted by molar-refractivity contribution is 6.59. The molecule has 0 N–H and O–H groups in total. The third kappa shape index (κ3) is 2.98. The Morgan fingerprint density at radius 1 is 1.23 bits per heavy atom. The average Bonchev–Trinajstić information content (AvgIpc) is 2.49.